The number of fused-ring (bicyclic) bond motifs is 1. The Balaban J connectivity index is 1.67. The molecule has 2 amide bonds. The summed E-state index contributed by atoms with van der Waals surface area (Å²) < 4.78 is 28.6. The van der Waals surface area contributed by atoms with Crippen LogP contribution in [0.15, 0.2) is 36.7 Å². The number of alkyl halides is 2. The summed E-state index contributed by atoms with van der Waals surface area (Å²) in [4.78, 5) is 35.3. The fourth-order valence-corrected chi connectivity index (χ4v) is 3.49. The number of carbonyl (C=O) groups is 2. The zero-order chi connectivity index (χ0) is 23.2. The quantitative estimate of drug-likeness (QED) is 0.465. The summed E-state index contributed by atoms with van der Waals surface area (Å²) in [5.41, 5.74) is 7.30. The van der Waals surface area contributed by atoms with E-state index in [9.17, 15) is 18.4 Å². The molecule has 1 aliphatic rings. The van der Waals surface area contributed by atoms with Gasteiger partial charge in [-0.25, -0.2) is 9.97 Å². The molecule has 0 fully saturated rings. The second kappa shape index (κ2) is 7.59. The molecule has 11 heteroatoms. The van der Waals surface area contributed by atoms with Crippen LogP contribution in [0.2, 0.25) is 0 Å². The van der Waals surface area contributed by atoms with Gasteiger partial charge in [0.15, 0.2) is 5.82 Å². The van der Waals surface area contributed by atoms with Gasteiger partial charge in [-0.2, -0.15) is 8.78 Å². The first kappa shape index (κ1) is 21.2. The minimum atomic E-state index is -3.58. The minimum absolute atomic E-state index is 0.0243. The standard InChI is InChI=1S/C21H21F2N7O2/c1-10(2)27-14-7-17(25-8-12(14)15-9-26-19(29-15)18(24)31)28-11-4-5-16-13(6-11)21(22,23)20(32)30(16)3/h4-10H,1-3H3,(H2,24,31)(H,26,29)(H2,25,27,28). The van der Waals surface area contributed by atoms with E-state index >= 15 is 0 Å². The number of pyridine rings is 1. The highest BCUT2D eigenvalue weighted by Gasteiger charge is 2.51. The molecule has 9 nitrogen and oxygen atoms in total. The number of likely N-dealkylation sites (N-methyl/N-ethyl adjacent to an activating group) is 1. The van der Waals surface area contributed by atoms with Gasteiger partial charge in [0.2, 0.25) is 0 Å². The summed E-state index contributed by atoms with van der Waals surface area (Å²) >= 11 is 0. The molecule has 32 heavy (non-hydrogen) atoms. The second-order valence-electron chi connectivity index (χ2n) is 7.72. The van der Waals surface area contributed by atoms with Gasteiger partial charge < -0.3 is 26.3 Å². The van der Waals surface area contributed by atoms with Crippen molar-refractivity contribution in [2.24, 2.45) is 5.73 Å². The average molecular weight is 441 g/mol. The van der Waals surface area contributed by atoms with Crippen molar-refractivity contribution in [3.8, 4) is 11.3 Å². The molecular weight excluding hydrogens is 420 g/mol. The van der Waals surface area contributed by atoms with Crippen molar-refractivity contribution in [3.63, 3.8) is 0 Å². The minimum Gasteiger partial charge on any atom is -0.382 e. The molecule has 1 aliphatic heterocycles. The van der Waals surface area contributed by atoms with Crippen molar-refractivity contribution in [1.29, 1.82) is 0 Å². The Morgan fingerprint density at radius 1 is 1.22 bits per heavy atom. The SMILES string of the molecule is CC(C)Nc1cc(Nc2ccc3c(c2)C(F)(F)C(=O)N3C)ncc1-c1cnc(C(N)=O)[nH]1. The van der Waals surface area contributed by atoms with Crippen LogP contribution in [0.1, 0.15) is 30.0 Å². The Labute approximate surface area is 182 Å². The van der Waals surface area contributed by atoms with Gasteiger partial charge in [-0.15, -0.1) is 0 Å². The molecule has 0 spiro atoms. The normalized spacial score (nSPS) is 14.6. The molecule has 3 aromatic rings. The maximum absolute atomic E-state index is 14.3. The van der Waals surface area contributed by atoms with Crippen LogP contribution in [-0.2, 0) is 10.7 Å². The fraction of sp³-hybridized carbons (Fsp3) is 0.238. The molecule has 3 heterocycles. The van der Waals surface area contributed by atoms with Crippen molar-refractivity contribution < 1.29 is 18.4 Å². The summed E-state index contributed by atoms with van der Waals surface area (Å²) in [5, 5.41) is 6.29. The summed E-state index contributed by atoms with van der Waals surface area (Å²) in [6.07, 6.45) is 3.04. The first-order valence-electron chi connectivity index (χ1n) is 9.77. The summed E-state index contributed by atoms with van der Waals surface area (Å²) in [6, 6.07) is 6.10. The monoisotopic (exact) mass is 441 g/mol. The number of anilines is 4. The van der Waals surface area contributed by atoms with Crippen LogP contribution in [0.4, 0.5) is 31.7 Å². The number of nitrogens with zero attached hydrogens (tertiary/aromatic N) is 3. The van der Waals surface area contributed by atoms with Gasteiger partial charge in [0.25, 0.3) is 5.91 Å². The molecule has 2 aromatic heterocycles. The number of hydrogen-bond donors (Lipinski definition) is 4. The summed E-state index contributed by atoms with van der Waals surface area (Å²) in [6.45, 7) is 3.91. The van der Waals surface area contributed by atoms with Crippen LogP contribution in [0.25, 0.3) is 11.3 Å². The Morgan fingerprint density at radius 3 is 2.62 bits per heavy atom. The van der Waals surface area contributed by atoms with Crippen LogP contribution in [0.3, 0.4) is 0 Å². The highest BCUT2D eigenvalue weighted by Crippen LogP contribution is 2.44. The van der Waals surface area contributed by atoms with Crippen LogP contribution in [0, 0.1) is 0 Å². The zero-order valence-electron chi connectivity index (χ0n) is 17.5. The molecule has 0 saturated carbocycles. The first-order chi connectivity index (χ1) is 15.1. The number of nitrogens with one attached hydrogen (secondary N) is 3. The zero-order valence-corrected chi connectivity index (χ0v) is 17.5. The number of aromatic nitrogens is 3. The average Bonchev–Trinajstić information content (AvgIpc) is 3.28. The largest absolute Gasteiger partial charge is 0.382 e. The first-order valence-corrected chi connectivity index (χ1v) is 9.77. The van der Waals surface area contributed by atoms with Gasteiger partial charge in [0, 0.05) is 42.3 Å². The third-order valence-corrected chi connectivity index (χ3v) is 4.99. The molecule has 0 atom stereocenters. The van der Waals surface area contributed by atoms with Crippen molar-refractivity contribution in [1.82, 2.24) is 15.0 Å². The number of carbonyl (C=O) groups excluding carboxylic acids is 2. The lowest BCUT2D eigenvalue weighted by Gasteiger charge is -2.16. The molecule has 166 valence electrons. The summed E-state index contributed by atoms with van der Waals surface area (Å²) in [7, 11) is 1.32. The van der Waals surface area contributed by atoms with Crippen LogP contribution in [-0.4, -0.2) is 39.9 Å². The molecule has 0 aliphatic carbocycles. The molecule has 1 aromatic carbocycles. The van der Waals surface area contributed by atoms with E-state index in [1.54, 1.807) is 18.3 Å². The van der Waals surface area contributed by atoms with Crippen LogP contribution >= 0.6 is 0 Å². The topological polar surface area (TPSA) is 129 Å². The number of rotatable bonds is 6. The van der Waals surface area contributed by atoms with E-state index in [4.69, 9.17) is 5.73 Å². The van der Waals surface area contributed by atoms with Crippen molar-refractivity contribution in [2.45, 2.75) is 25.8 Å². The molecule has 0 radical (unpaired) electrons. The maximum atomic E-state index is 14.3. The predicted octanol–water partition coefficient (Wildman–Crippen LogP) is 3.20. The smallest absolute Gasteiger partial charge is 0.352 e. The van der Waals surface area contributed by atoms with Gasteiger partial charge in [-0.1, -0.05) is 0 Å². The fourth-order valence-electron chi connectivity index (χ4n) is 3.49. The molecular formula is C21H21F2N7O2. The second-order valence-corrected chi connectivity index (χ2v) is 7.72. The van der Waals surface area contributed by atoms with E-state index in [0.717, 1.165) is 4.90 Å². The van der Waals surface area contributed by atoms with E-state index < -0.39 is 17.7 Å². The molecule has 4 rings (SSSR count). The van der Waals surface area contributed by atoms with Crippen LogP contribution < -0.4 is 21.3 Å². The van der Waals surface area contributed by atoms with Gasteiger partial charge >= 0.3 is 11.8 Å². The van der Waals surface area contributed by atoms with Crippen molar-refractivity contribution in [3.05, 3.63) is 48.0 Å². The number of benzene rings is 1. The van der Waals surface area contributed by atoms with Crippen LogP contribution in [0.5, 0.6) is 0 Å². The lowest BCUT2D eigenvalue weighted by Crippen LogP contribution is -2.31. The third kappa shape index (κ3) is 3.61. The van der Waals surface area contributed by atoms with E-state index in [-0.39, 0.29) is 23.1 Å². The number of aromatic amines is 1. The van der Waals surface area contributed by atoms with E-state index in [2.05, 4.69) is 25.6 Å². The number of amides is 2. The van der Waals surface area contributed by atoms with Gasteiger partial charge in [-0.3, -0.25) is 9.59 Å². The van der Waals surface area contributed by atoms with Crippen molar-refractivity contribution in [2.75, 3.05) is 22.6 Å². The number of nitrogens with two attached hydrogens (primary N) is 1. The number of hydrogen-bond acceptors (Lipinski definition) is 6. The Hall–Kier alpha value is -4.02. The lowest BCUT2D eigenvalue weighted by molar-refractivity contribution is -0.141. The molecule has 5 N–H and O–H groups in total. The highest BCUT2D eigenvalue weighted by molar-refractivity contribution is 6.05. The van der Waals surface area contributed by atoms with Gasteiger partial charge in [0.1, 0.15) is 5.82 Å². The van der Waals surface area contributed by atoms with E-state index in [0.29, 0.717) is 28.5 Å². The van der Waals surface area contributed by atoms with Crippen molar-refractivity contribution >= 4 is 34.7 Å². The highest BCUT2D eigenvalue weighted by atomic mass is 19.3. The Bertz CT molecular complexity index is 1220. The number of imidazole rings is 1. The summed E-state index contributed by atoms with van der Waals surface area (Å²) in [5.74, 6) is -5.10. The molecule has 0 saturated heterocycles. The van der Waals surface area contributed by atoms with E-state index in [1.165, 1.54) is 25.4 Å². The number of H-pyrrole nitrogens is 1. The number of halogens is 2. The molecule has 0 unspecified atom stereocenters. The molecule has 0 bridgehead atoms. The van der Waals surface area contributed by atoms with E-state index in [1.807, 2.05) is 13.8 Å². The Kier molecular flexibility index (Phi) is 5.03. The number of primary amides is 1. The maximum Gasteiger partial charge on any atom is 0.352 e. The Morgan fingerprint density at radius 2 is 1.97 bits per heavy atom. The third-order valence-electron chi connectivity index (χ3n) is 4.99. The van der Waals surface area contributed by atoms with Gasteiger partial charge in [0.05, 0.1) is 23.1 Å². The predicted molar refractivity (Wildman–Crippen MR) is 116 cm³/mol. The lowest BCUT2D eigenvalue weighted by atomic mass is 10.1. The van der Waals surface area contributed by atoms with Gasteiger partial charge in [-0.05, 0) is 32.0 Å².